The van der Waals surface area contributed by atoms with Crippen LogP contribution in [0, 0.1) is 11.8 Å². The molecule has 0 radical (unpaired) electrons. The Morgan fingerprint density at radius 2 is 1.85 bits per heavy atom. The number of fused-ring (bicyclic) bond motifs is 5. The summed E-state index contributed by atoms with van der Waals surface area (Å²) < 4.78 is 7.15. The number of hydrogen-bond donors (Lipinski definition) is 1. The largest absolute Gasteiger partial charge is 0.461 e. The molecule has 4 rings (SSSR count). The maximum Gasteiger partial charge on any atom is 0.316 e. The SMILES string of the molecule is CCCC[N+]1(C)C2CC(OC(=O)C(CO)c3ccccc3)CC1C1CC12. The summed E-state index contributed by atoms with van der Waals surface area (Å²) >= 11 is 0. The fraction of sp³-hybridized carbons (Fsp3) is 0.682. The molecule has 1 aliphatic carbocycles. The molecular formula is C22H32NO3+. The van der Waals surface area contributed by atoms with E-state index in [0.29, 0.717) is 12.1 Å². The molecule has 4 nitrogen and oxygen atoms in total. The maximum atomic E-state index is 12.7. The molecule has 3 fully saturated rings. The highest BCUT2D eigenvalue weighted by molar-refractivity contribution is 5.78. The number of rotatable bonds is 7. The Hall–Kier alpha value is -1.39. The average molecular weight is 359 g/mol. The summed E-state index contributed by atoms with van der Waals surface area (Å²) in [5.74, 6) is 0.884. The van der Waals surface area contributed by atoms with Crippen LogP contribution < -0.4 is 0 Å². The second kappa shape index (κ2) is 6.97. The number of benzene rings is 1. The number of carbonyl (C=O) groups excluding carboxylic acids is 1. The maximum absolute atomic E-state index is 12.7. The number of carbonyl (C=O) groups is 1. The van der Waals surface area contributed by atoms with Gasteiger partial charge in [0.2, 0.25) is 0 Å². The van der Waals surface area contributed by atoms with Crippen molar-refractivity contribution in [3.8, 4) is 0 Å². The van der Waals surface area contributed by atoms with Gasteiger partial charge >= 0.3 is 5.97 Å². The second-order valence-corrected chi connectivity index (χ2v) is 8.80. The molecule has 1 aromatic rings. The van der Waals surface area contributed by atoms with Crippen molar-refractivity contribution in [1.82, 2.24) is 0 Å². The van der Waals surface area contributed by atoms with Gasteiger partial charge in [-0.05, 0) is 18.4 Å². The minimum absolute atomic E-state index is 0.0240. The second-order valence-electron chi connectivity index (χ2n) is 8.80. The Kier molecular flexibility index (Phi) is 4.83. The van der Waals surface area contributed by atoms with Crippen LogP contribution in [-0.2, 0) is 9.53 Å². The zero-order chi connectivity index (χ0) is 18.3. The van der Waals surface area contributed by atoms with E-state index in [4.69, 9.17) is 4.74 Å². The van der Waals surface area contributed by atoms with E-state index in [9.17, 15) is 9.90 Å². The molecule has 0 aromatic heterocycles. The van der Waals surface area contributed by atoms with Gasteiger partial charge in [-0.3, -0.25) is 4.79 Å². The molecule has 0 amide bonds. The Morgan fingerprint density at radius 1 is 1.19 bits per heavy atom. The van der Waals surface area contributed by atoms with E-state index in [1.54, 1.807) is 0 Å². The highest BCUT2D eigenvalue weighted by Crippen LogP contribution is 2.61. The number of ether oxygens (including phenoxy) is 1. The topological polar surface area (TPSA) is 46.5 Å². The molecule has 1 aromatic carbocycles. The molecule has 0 spiro atoms. The molecule has 1 saturated carbocycles. The normalized spacial score (nSPS) is 38.5. The molecule has 3 aliphatic rings. The van der Waals surface area contributed by atoms with Crippen LogP contribution in [0.15, 0.2) is 30.3 Å². The van der Waals surface area contributed by atoms with Crippen LogP contribution in [0.3, 0.4) is 0 Å². The van der Waals surface area contributed by atoms with E-state index in [1.807, 2.05) is 30.3 Å². The van der Waals surface area contributed by atoms with Crippen LogP contribution in [0.25, 0.3) is 0 Å². The van der Waals surface area contributed by atoms with Crippen molar-refractivity contribution in [2.75, 3.05) is 20.2 Å². The Morgan fingerprint density at radius 3 is 2.42 bits per heavy atom. The van der Waals surface area contributed by atoms with Crippen LogP contribution in [0.2, 0.25) is 0 Å². The van der Waals surface area contributed by atoms with Crippen LogP contribution in [0.4, 0.5) is 0 Å². The van der Waals surface area contributed by atoms with E-state index in [-0.39, 0.29) is 18.7 Å². The summed E-state index contributed by atoms with van der Waals surface area (Å²) in [6, 6.07) is 10.8. The van der Waals surface area contributed by atoms with Gasteiger partial charge in [0.1, 0.15) is 12.0 Å². The first-order valence-corrected chi connectivity index (χ1v) is 10.3. The molecule has 5 atom stereocenters. The Labute approximate surface area is 156 Å². The number of esters is 1. The molecule has 2 saturated heterocycles. The zero-order valence-electron chi connectivity index (χ0n) is 16.0. The van der Waals surface area contributed by atoms with Crippen molar-refractivity contribution in [2.45, 2.75) is 63.1 Å². The first-order chi connectivity index (χ1) is 12.6. The summed E-state index contributed by atoms with van der Waals surface area (Å²) in [4.78, 5) is 12.7. The Balaban J connectivity index is 1.42. The number of unbranched alkanes of at least 4 members (excludes halogenated alkanes) is 1. The summed E-state index contributed by atoms with van der Waals surface area (Å²) in [5, 5.41) is 9.72. The summed E-state index contributed by atoms with van der Waals surface area (Å²) in [6.07, 6.45) is 5.94. The third-order valence-electron chi connectivity index (χ3n) is 7.35. The first kappa shape index (κ1) is 18.0. The third-order valence-corrected chi connectivity index (χ3v) is 7.35. The van der Waals surface area contributed by atoms with E-state index >= 15 is 0 Å². The van der Waals surface area contributed by atoms with Gasteiger partial charge in [-0.1, -0.05) is 43.7 Å². The molecule has 1 N–H and O–H groups in total. The number of aliphatic hydroxyl groups is 1. The van der Waals surface area contributed by atoms with Crippen molar-refractivity contribution in [1.29, 1.82) is 0 Å². The molecule has 2 aliphatic heterocycles. The number of nitrogens with zero attached hydrogens (tertiary/aromatic N) is 1. The zero-order valence-corrected chi connectivity index (χ0v) is 16.0. The van der Waals surface area contributed by atoms with Gasteiger partial charge < -0.3 is 14.3 Å². The lowest BCUT2D eigenvalue weighted by Crippen LogP contribution is -2.61. The van der Waals surface area contributed by atoms with Crippen LogP contribution in [0.1, 0.15) is 50.5 Å². The fourth-order valence-electron chi connectivity index (χ4n) is 5.88. The van der Waals surface area contributed by atoms with Gasteiger partial charge in [0.15, 0.2) is 0 Å². The molecule has 4 heteroatoms. The summed E-state index contributed by atoms with van der Waals surface area (Å²) in [7, 11) is 2.44. The molecule has 2 bridgehead atoms. The highest BCUT2D eigenvalue weighted by Gasteiger charge is 2.69. The van der Waals surface area contributed by atoms with Gasteiger partial charge in [0.25, 0.3) is 0 Å². The van der Waals surface area contributed by atoms with Crippen molar-refractivity contribution in [2.24, 2.45) is 11.8 Å². The molecule has 5 unspecified atom stereocenters. The van der Waals surface area contributed by atoms with Crippen molar-refractivity contribution < 1.29 is 19.1 Å². The summed E-state index contributed by atoms with van der Waals surface area (Å²) in [6.45, 7) is 3.34. The summed E-state index contributed by atoms with van der Waals surface area (Å²) in [5.41, 5.74) is 0.838. The highest BCUT2D eigenvalue weighted by atomic mass is 16.5. The monoisotopic (exact) mass is 358 g/mol. The third kappa shape index (κ3) is 2.97. The number of hydrogen-bond acceptors (Lipinski definition) is 3. The lowest BCUT2D eigenvalue weighted by molar-refractivity contribution is -0.955. The van der Waals surface area contributed by atoms with Crippen LogP contribution in [0.5, 0.6) is 0 Å². The quantitative estimate of drug-likeness (QED) is 0.602. The fourth-order valence-corrected chi connectivity index (χ4v) is 5.88. The predicted molar refractivity (Wildman–Crippen MR) is 101 cm³/mol. The molecule has 26 heavy (non-hydrogen) atoms. The van der Waals surface area contributed by atoms with Crippen LogP contribution >= 0.6 is 0 Å². The van der Waals surface area contributed by atoms with Gasteiger partial charge in [0.05, 0.1) is 32.3 Å². The minimum Gasteiger partial charge on any atom is -0.461 e. The number of aliphatic hydroxyl groups excluding tert-OH is 1. The average Bonchev–Trinajstić information content (AvgIpc) is 3.40. The van der Waals surface area contributed by atoms with Gasteiger partial charge in [-0.25, -0.2) is 0 Å². The molecule has 2 heterocycles. The smallest absolute Gasteiger partial charge is 0.316 e. The number of piperidine rings is 2. The van der Waals surface area contributed by atoms with E-state index in [2.05, 4.69) is 14.0 Å². The minimum atomic E-state index is -0.564. The van der Waals surface area contributed by atoms with E-state index in [0.717, 1.165) is 30.2 Å². The van der Waals surface area contributed by atoms with Crippen LogP contribution in [-0.4, -0.2) is 53.9 Å². The molecule has 142 valence electrons. The van der Waals surface area contributed by atoms with Crippen molar-refractivity contribution in [3.63, 3.8) is 0 Å². The van der Waals surface area contributed by atoms with Gasteiger partial charge in [0, 0.05) is 24.7 Å². The Bertz CT molecular complexity index is 628. The molecular weight excluding hydrogens is 326 g/mol. The van der Waals surface area contributed by atoms with Gasteiger partial charge in [-0.2, -0.15) is 0 Å². The van der Waals surface area contributed by atoms with Crippen molar-refractivity contribution >= 4 is 5.97 Å². The van der Waals surface area contributed by atoms with E-state index < -0.39 is 5.92 Å². The van der Waals surface area contributed by atoms with Crippen molar-refractivity contribution in [3.05, 3.63) is 35.9 Å². The lowest BCUT2D eigenvalue weighted by Gasteiger charge is -2.49. The van der Waals surface area contributed by atoms with Gasteiger partial charge in [-0.15, -0.1) is 0 Å². The number of quaternary nitrogens is 1. The van der Waals surface area contributed by atoms with E-state index in [1.165, 1.54) is 30.3 Å². The first-order valence-electron chi connectivity index (χ1n) is 10.3. The predicted octanol–water partition coefficient (Wildman–Crippen LogP) is 3.10. The standard InChI is InChI=1S/C22H32NO3/c1-3-4-10-23(2)20-11-16(12-21(23)18-13-17(18)20)26-22(25)19(14-24)15-8-6-5-7-9-15/h5-9,16-21,24H,3-4,10-14H2,1-2H3/q+1. The lowest BCUT2D eigenvalue weighted by atomic mass is 9.91.